The molecule has 0 aromatic rings. The molecule has 0 aliphatic carbocycles. The van der Waals surface area contributed by atoms with E-state index in [1.807, 2.05) is 13.0 Å². The molecule has 0 bridgehead atoms. The summed E-state index contributed by atoms with van der Waals surface area (Å²) in [6.45, 7) is 4.01. The number of rotatable bonds is 0. The first-order valence-corrected chi connectivity index (χ1v) is 3.76. The van der Waals surface area contributed by atoms with E-state index in [4.69, 9.17) is 0 Å². The van der Waals surface area contributed by atoms with Crippen molar-refractivity contribution >= 4 is 5.71 Å². The van der Waals surface area contributed by atoms with Crippen LogP contribution in [0.2, 0.25) is 0 Å². The predicted molar refractivity (Wildman–Crippen MR) is 45.2 cm³/mol. The highest BCUT2D eigenvalue weighted by Crippen LogP contribution is 2.11. The molecule has 1 heterocycles. The minimum absolute atomic E-state index is 0.267. The van der Waals surface area contributed by atoms with Crippen LogP contribution < -0.4 is 0 Å². The number of allylic oxidation sites excluding steroid dienone is 3. The van der Waals surface area contributed by atoms with E-state index in [1.54, 1.807) is 0 Å². The number of aliphatic imine (C=N–C) groups is 1. The Balaban J connectivity index is 2.84. The molecule has 0 unspecified atom stereocenters. The lowest BCUT2D eigenvalue weighted by Crippen LogP contribution is -2.05. The van der Waals surface area contributed by atoms with Gasteiger partial charge in [0.15, 0.2) is 0 Å². The topological polar surface area (TPSA) is 12.4 Å². The van der Waals surface area contributed by atoms with Crippen molar-refractivity contribution in [2.75, 3.05) is 0 Å². The van der Waals surface area contributed by atoms with Gasteiger partial charge in [-0.15, -0.1) is 0 Å². The molecule has 0 saturated carbocycles. The minimum atomic E-state index is -0.267. The molecule has 0 radical (unpaired) electrons. The lowest BCUT2D eigenvalue weighted by atomic mass is 10.0. The fourth-order valence-electron chi connectivity index (χ4n) is 0.889. The van der Waals surface area contributed by atoms with Crippen LogP contribution in [-0.4, -0.2) is 5.71 Å². The highest BCUT2D eigenvalue weighted by Gasteiger charge is 2.04. The van der Waals surface area contributed by atoms with Crippen LogP contribution in [0.3, 0.4) is 0 Å². The molecule has 0 N–H and O–H groups in total. The molecule has 0 aromatic carbocycles. The maximum Gasteiger partial charge on any atom is 0.141 e. The molecule has 1 aliphatic rings. The summed E-state index contributed by atoms with van der Waals surface area (Å²) in [7, 11) is 0. The van der Waals surface area contributed by atoms with Gasteiger partial charge in [0.1, 0.15) is 5.83 Å². The molecule has 0 fully saturated rings. The van der Waals surface area contributed by atoms with Crippen LogP contribution in [0.25, 0.3) is 0 Å². The van der Waals surface area contributed by atoms with Crippen molar-refractivity contribution in [1.82, 2.24) is 0 Å². The monoisotopic (exact) mass is 153 g/mol. The summed E-state index contributed by atoms with van der Waals surface area (Å²) in [5, 5.41) is 0. The lowest BCUT2D eigenvalue weighted by Gasteiger charge is -2.08. The molecule has 1 nitrogen and oxygen atoms in total. The van der Waals surface area contributed by atoms with Crippen molar-refractivity contribution in [1.29, 1.82) is 0 Å². The molecule has 60 valence electrons. The standard InChI is InChI=1S/C9H12FN/c1-7-4-3-5-9(10)6-11-8(7)2/h3,5-7H,4H2,1-2H3/b5-3+,9-6+,11-8?/t7-/m0/s1. The van der Waals surface area contributed by atoms with Gasteiger partial charge >= 0.3 is 0 Å². The Labute approximate surface area is 66.3 Å². The maximum absolute atomic E-state index is 12.6. The van der Waals surface area contributed by atoms with Crippen LogP contribution in [-0.2, 0) is 0 Å². The van der Waals surface area contributed by atoms with Crippen molar-refractivity contribution in [2.24, 2.45) is 10.9 Å². The number of hydrogen-bond donors (Lipinski definition) is 0. The Morgan fingerprint density at radius 1 is 1.64 bits per heavy atom. The predicted octanol–water partition coefficient (Wildman–Crippen LogP) is 2.85. The number of nitrogens with zero attached hydrogens (tertiary/aromatic N) is 1. The van der Waals surface area contributed by atoms with E-state index in [-0.39, 0.29) is 5.83 Å². The molecular formula is C9H12FN. The normalized spacial score (nSPS) is 32.8. The van der Waals surface area contributed by atoms with Gasteiger partial charge in [0.2, 0.25) is 0 Å². The number of halogens is 1. The molecule has 0 spiro atoms. The van der Waals surface area contributed by atoms with E-state index < -0.39 is 0 Å². The van der Waals surface area contributed by atoms with Gasteiger partial charge in [-0.25, -0.2) is 4.39 Å². The van der Waals surface area contributed by atoms with Gasteiger partial charge in [0.05, 0.1) is 6.20 Å². The van der Waals surface area contributed by atoms with E-state index >= 15 is 0 Å². The van der Waals surface area contributed by atoms with E-state index in [0.29, 0.717) is 5.92 Å². The molecule has 2 heteroatoms. The zero-order chi connectivity index (χ0) is 8.27. The first-order chi connectivity index (χ1) is 5.20. The summed E-state index contributed by atoms with van der Waals surface area (Å²) in [6, 6.07) is 0. The molecule has 0 amide bonds. The average molecular weight is 153 g/mol. The average Bonchev–Trinajstić information content (AvgIpc) is 1.98. The highest BCUT2D eigenvalue weighted by atomic mass is 19.1. The van der Waals surface area contributed by atoms with E-state index in [9.17, 15) is 4.39 Å². The second-order valence-electron chi connectivity index (χ2n) is 2.82. The highest BCUT2D eigenvalue weighted by molar-refractivity contribution is 5.84. The fourth-order valence-corrected chi connectivity index (χ4v) is 0.889. The van der Waals surface area contributed by atoms with Crippen molar-refractivity contribution in [3.05, 3.63) is 24.2 Å². The van der Waals surface area contributed by atoms with Crippen molar-refractivity contribution in [3.8, 4) is 0 Å². The van der Waals surface area contributed by atoms with Crippen LogP contribution >= 0.6 is 0 Å². The van der Waals surface area contributed by atoms with E-state index in [0.717, 1.165) is 12.1 Å². The quantitative estimate of drug-likeness (QED) is 0.507. The SMILES string of the molecule is CC1=N/C=C(F)\C=C\C[C@@H]1C. The first-order valence-electron chi connectivity index (χ1n) is 3.76. The Kier molecular flexibility index (Phi) is 2.58. The summed E-state index contributed by atoms with van der Waals surface area (Å²) in [4.78, 5) is 3.97. The van der Waals surface area contributed by atoms with Gasteiger partial charge in [-0.05, 0) is 25.3 Å². The molecule has 0 saturated heterocycles. The largest absolute Gasteiger partial charge is 0.263 e. The summed E-state index contributed by atoms with van der Waals surface area (Å²) < 4.78 is 12.6. The third-order valence-corrected chi connectivity index (χ3v) is 1.87. The van der Waals surface area contributed by atoms with Crippen molar-refractivity contribution < 1.29 is 4.39 Å². The van der Waals surface area contributed by atoms with Crippen molar-refractivity contribution in [3.63, 3.8) is 0 Å². The molecule has 0 aromatic heterocycles. The van der Waals surface area contributed by atoms with E-state index in [1.165, 1.54) is 12.3 Å². The van der Waals surface area contributed by atoms with Gasteiger partial charge in [0.25, 0.3) is 0 Å². The van der Waals surface area contributed by atoms with Crippen LogP contribution in [0.1, 0.15) is 20.3 Å². The van der Waals surface area contributed by atoms with Gasteiger partial charge < -0.3 is 0 Å². The Morgan fingerprint density at radius 3 is 3.09 bits per heavy atom. The zero-order valence-electron chi connectivity index (χ0n) is 6.84. The maximum atomic E-state index is 12.6. The van der Waals surface area contributed by atoms with Crippen LogP contribution in [0.5, 0.6) is 0 Å². The van der Waals surface area contributed by atoms with Crippen LogP contribution in [0, 0.1) is 5.92 Å². The fraction of sp³-hybridized carbons (Fsp3) is 0.444. The molecule has 1 rings (SSSR count). The van der Waals surface area contributed by atoms with Gasteiger partial charge in [0, 0.05) is 5.71 Å². The minimum Gasteiger partial charge on any atom is -0.263 e. The smallest absolute Gasteiger partial charge is 0.141 e. The Morgan fingerprint density at radius 2 is 2.36 bits per heavy atom. The second-order valence-corrected chi connectivity index (χ2v) is 2.82. The van der Waals surface area contributed by atoms with Crippen LogP contribution in [0.15, 0.2) is 29.2 Å². The van der Waals surface area contributed by atoms with Gasteiger partial charge in [-0.1, -0.05) is 13.0 Å². The molecular weight excluding hydrogens is 141 g/mol. The number of hydrogen-bond acceptors (Lipinski definition) is 1. The Bertz CT molecular complexity index is 226. The third kappa shape index (κ3) is 2.30. The summed E-state index contributed by atoms with van der Waals surface area (Å²) in [5.74, 6) is 0.159. The van der Waals surface area contributed by atoms with Gasteiger partial charge in [-0.2, -0.15) is 0 Å². The second kappa shape index (κ2) is 3.46. The summed E-state index contributed by atoms with van der Waals surface area (Å²) >= 11 is 0. The first kappa shape index (κ1) is 8.18. The summed E-state index contributed by atoms with van der Waals surface area (Å²) in [5.41, 5.74) is 0.990. The molecule has 11 heavy (non-hydrogen) atoms. The van der Waals surface area contributed by atoms with Crippen molar-refractivity contribution in [2.45, 2.75) is 20.3 Å². The molecule has 1 atom stereocenters. The summed E-state index contributed by atoms with van der Waals surface area (Å²) in [6.07, 6.45) is 5.44. The third-order valence-electron chi connectivity index (χ3n) is 1.87. The van der Waals surface area contributed by atoms with Crippen LogP contribution in [0.4, 0.5) is 4.39 Å². The zero-order valence-corrected chi connectivity index (χ0v) is 6.84. The lowest BCUT2D eigenvalue weighted by molar-refractivity contribution is 0.658. The molecule has 1 aliphatic heterocycles. The van der Waals surface area contributed by atoms with E-state index in [2.05, 4.69) is 11.9 Å². The Hall–Kier alpha value is -0.920. The van der Waals surface area contributed by atoms with Gasteiger partial charge in [-0.3, -0.25) is 4.99 Å².